The molecule has 0 radical (unpaired) electrons. The third kappa shape index (κ3) is 3.29. The number of H-pyrrole nitrogens is 1. The monoisotopic (exact) mass is 369 g/mol. The lowest BCUT2D eigenvalue weighted by molar-refractivity contribution is -0.120. The van der Waals surface area contributed by atoms with Crippen LogP contribution < -0.4 is 5.32 Å². The summed E-state index contributed by atoms with van der Waals surface area (Å²) >= 11 is 0. The molecule has 2 N–H and O–H groups in total. The fourth-order valence-electron chi connectivity index (χ4n) is 4.51. The van der Waals surface area contributed by atoms with Crippen molar-refractivity contribution < 1.29 is 14.3 Å². The Morgan fingerprint density at radius 2 is 2.04 bits per heavy atom. The van der Waals surface area contributed by atoms with E-state index in [0.717, 1.165) is 29.3 Å². The fourth-order valence-corrected chi connectivity index (χ4v) is 4.51. The number of nitrogens with zero attached hydrogens (tertiary/aromatic N) is 1. The van der Waals surface area contributed by atoms with E-state index in [1.54, 1.807) is 0 Å². The average Bonchev–Trinajstić information content (AvgIpc) is 3.30. The van der Waals surface area contributed by atoms with Gasteiger partial charge in [0.15, 0.2) is 0 Å². The number of aromatic nitrogens is 1. The van der Waals surface area contributed by atoms with Crippen LogP contribution in [0.25, 0.3) is 10.9 Å². The first-order valence-corrected chi connectivity index (χ1v) is 9.68. The maximum Gasteiger partial charge on any atom is 0.410 e. The van der Waals surface area contributed by atoms with E-state index in [2.05, 4.69) is 10.3 Å². The Bertz CT molecular complexity index is 867. The first kappa shape index (κ1) is 17.9. The van der Waals surface area contributed by atoms with Gasteiger partial charge < -0.3 is 19.9 Å². The third-order valence-corrected chi connectivity index (χ3v) is 5.60. The lowest BCUT2D eigenvalue weighted by Crippen LogP contribution is -2.44. The van der Waals surface area contributed by atoms with Crippen molar-refractivity contribution in [3.05, 3.63) is 36.0 Å². The Balaban J connectivity index is 1.64. The summed E-state index contributed by atoms with van der Waals surface area (Å²) in [7, 11) is 0. The highest BCUT2D eigenvalue weighted by atomic mass is 16.6. The lowest BCUT2D eigenvalue weighted by atomic mass is 9.82. The van der Waals surface area contributed by atoms with Gasteiger partial charge in [-0.1, -0.05) is 18.2 Å². The second kappa shape index (κ2) is 6.59. The minimum atomic E-state index is -0.524. The Morgan fingerprint density at radius 1 is 1.26 bits per heavy atom. The number of carbonyl (C=O) groups is 2. The van der Waals surface area contributed by atoms with Crippen LogP contribution in [-0.4, -0.2) is 46.6 Å². The van der Waals surface area contributed by atoms with Gasteiger partial charge in [0.05, 0.1) is 5.92 Å². The van der Waals surface area contributed by atoms with Crippen molar-refractivity contribution in [1.82, 2.24) is 15.2 Å². The van der Waals surface area contributed by atoms with Gasteiger partial charge in [-0.3, -0.25) is 4.79 Å². The molecule has 6 heteroatoms. The Hall–Kier alpha value is -2.50. The molecule has 2 aromatic rings. The first-order chi connectivity index (χ1) is 12.8. The van der Waals surface area contributed by atoms with Crippen molar-refractivity contribution in [1.29, 1.82) is 0 Å². The van der Waals surface area contributed by atoms with E-state index >= 15 is 0 Å². The zero-order chi connectivity index (χ0) is 19.2. The number of amides is 2. The molecule has 144 valence electrons. The molecule has 27 heavy (non-hydrogen) atoms. The van der Waals surface area contributed by atoms with Crippen molar-refractivity contribution in [3.63, 3.8) is 0 Å². The van der Waals surface area contributed by atoms with Crippen LogP contribution in [0.2, 0.25) is 0 Å². The van der Waals surface area contributed by atoms with E-state index < -0.39 is 5.60 Å². The number of aromatic amines is 1. The van der Waals surface area contributed by atoms with Gasteiger partial charge in [-0.2, -0.15) is 0 Å². The molecule has 1 aromatic heterocycles. The van der Waals surface area contributed by atoms with E-state index in [4.69, 9.17) is 4.74 Å². The first-order valence-electron chi connectivity index (χ1n) is 9.68. The summed E-state index contributed by atoms with van der Waals surface area (Å²) in [6.45, 7) is 6.92. The molecule has 0 spiro atoms. The number of rotatable bonds is 2. The summed E-state index contributed by atoms with van der Waals surface area (Å²) in [4.78, 5) is 30.5. The molecule has 4 rings (SSSR count). The molecule has 0 aliphatic carbocycles. The fraction of sp³-hybridized carbons (Fsp3) is 0.524. The Kier molecular flexibility index (Phi) is 4.36. The van der Waals surface area contributed by atoms with Crippen molar-refractivity contribution in [3.8, 4) is 0 Å². The molecule has 3 heterocycles. The predicted octanol–water partition coefficient (Wildman–Crippen LogP) is 3.40. The SMILES string of the molecule is CC(C)(C)OC(=O)N1CCC[C@H]1[C@@H]1CNC(=O)[C@H]1c1c[nH]c2ccccc12. The van der Waals surface area contributed by atoms with Crippen molar-refractivity contribution in [2.24, 2.45) is 5.92 Å². The molecule has 6 nitrogen and oxygen atoms in total. The van der Waals surface area contributed by atoms with Gasteiger partial charge in [-0.25, -0.2) is 4.79 Å². The number of hydrogen-bond donors (Lipinski definition) is 2. The van der Waals surface area contributed by atoms with Gasteiger partial charge in [0.2, 0.25) is 5.91 Å². The number of carbonyl (C=O) groups excluding carboxylic acids is 2. The van der Waals surface area contributed by atoms with E-state index in [1.165, 1.54) is 0 Å². The smallest absolute Gasteiger partial charge is 0.410 e. The minimum absolute atomic E-state index is 0.0115. The highest BCUT2D eigenvalue weighted by molar-refractivity contribution is 5.93. The number of likely N-dealkylation sites (tertiary alicyclic amines) is 1. The van der Waals surface area contributed by atoms with Gasteiger partial charge in [0.1, 0.15) is 5.60 Å². The topological polar surface area (TPSA) is 74.4 Å². The van der Waals surface area contributed by atoms with E-state index in [9.17, 15) is 9.59 Å². The summed E-state index contributed by atoms with van der Waals surface area (Å²) in [5.74, 6) is -0.165. The van der Waals surface area contributed by atoms with Crippen LogP contribution in [0.5, 0.6) is 0 Å². The summed E-state index contributed by atoms with van der Waals surface area (Å²) in [6.07, 6.45) is 3.51. The third-order valence-electron chi connectivity index (χ3n) is 5.60. The molecular weight excluding hydrogens is 342 g/mol. The average molecular weight is 369 g/mol. The quantitative estimate of drug-likeness (QED) is 0.852. The standard InChI is InChI=1S/C21H27N3O3/c1-21(2,3)27-20(26)24-10-6-9-17(24)15-12-23-19(25)18(15)14-11-22-16-8-5-4-7-13(14)16/h4-5,7-8,11,15,17-18,22H,6,9-10,12H2,1-3H3,(H,23,25)/t15-,17-,18-/m0/s1. The van der Waals surface area contributed by atoms with Crippen LogP contribution >= 0.6 is 0 Å². The lowest BCUT2D eigenvalue weighted by Gasteiger charge is -2.33. The van der Waals surface area contributed by atoms with Crippen molar-refractivity contribution in [2.75, 3.05) is 13.1 Å². The van der Waals surface area contributed by atoms with Gasteiger partial charge in [-0.15, -0.1) is 0 Å². The van der Waals surface area contributed by atoms with Gasteiger partial charge in [0.25, 0.3) is 0 Å². The summed E-state index contributed by atoms with van der Waals surface area (Å²) < 4.78 is 5.61. The second-order valence-electron chi connectivity index (χ2n) is 8.56. The molecule has 3 atom stereocenters. The molecule has 2 amide bonds. The van der Waals surface area contributed by atoms with Crippen LogP contribution in [0.15, 0.2) is 30.5 Å². The molecule has 0 saturated carbocycles. The number of para-hydroxylation sites is 1. The van der Waals surface area contributed by atoms with Crippen LogP contribution in [-0.2, 0) is 9.53 Å². The second-order valence-corrected chi connectivity index (χ2v) is 8.56. The largest absolute Gasteiger partial charge is 0.444 e. The van der Waals surface area contributed by atoms with E-state index in [0.29, 0.717) is 13.1 Å². The number of hydrogen-bond acceptors (Lipinski definition) is 3. The Labute approximate surface area is 159 Å². The molecular formula is C21H27N3O3. The van der Waals surface area contributed by atoms with Crippen LogP contribution in [0.4, 0.5) is 4.79 Å². The minimum Gasteiger partial charge on any atom is -0.444 e. The van der Waals surface area contributed by atoms with Gasteiger partial charge in [0, 0.05) is 42.1 Å². The molecule has 1 aromatic carbocycles. The summed E-state index contributed by atoms with van der Waals surface area (Å²) in [6, 6.07) is 8.05. The van der Waals surface area contributed by atoms with E-state index in [-0.39, 0.29) is 29.9 Å². The number of fused-ring (bicyclic) bond motifs is 1. The molecule has 2 aliphatic rings. The van der Waals surface area contributed by atoms with Crippen molar-refractivity contribution >= 4 is 22.9 Å². The summed E-state index contributed by atoms with van der Waals surface area (Å²) in [5, 5.41) is 4.10. The number of benzene rings is 1. The van der Waals surface area contributed by atoms with Crippen LogP contribution in [0.1, 0.15) is 45.1 Å². The van der Waals surface area contributed by atoms with Crippen molar-refractivity contribution in [2.45, 2.75) is 51.2 Å². The molecule has 2 fully saturated rings. The van der Waals surface area contributed by atoms with Gasteiger partial charge in [-0.05, 0) is 45.2 Å². The zero-order valence-corrected chi connectivity index (χ0v) is 16.1. The number of ether oxygens (including phenoxy) is 1. The maximum absolute atomic E-state index is 12.7. The molecule has 0 unspecified atom stereocenters. The van der Waals surface area contributed by atoms with E-state index in [1.807, 2.05) is 56.1 Å². The number of nitrogens with one attached hydrogen (secondary N) is 2. The maximum atomic E-state index is 12.7. The summed E-state index contributed by atoms with van der Waals surface area (Å²) in [5.41, 5.74) is 1.52. The molecule has 2 aliphatic heterocycles. The highest BCUT2D eigenvalue weighted by Crippen LogP contribution is 2.40. The van der Waals surface area contributed by atoms with Gasteiger partial charge >= 0.3 is 6.09 Å². The molecule has 0 bridgehead atoms. The van der Waals surface area contributed by atoms with Crippen LogP contribution in [0.3, 0.4) is 0 Å². The highest BCUT2D eigenvalue weighted by Gasteiger charge is 2.46. The normalized spacial score (nSPS) is 25.8. The van der Waals surface area contributed by atoms with Crippen LogP contribution in [0, 0.1) is 5.92 Å². The Morgan fingerprint density at radius 3 is 2.81 bits per heavy atom. The predicted molar refractivity (Wildman–Crippen MR) is 104 cm³/mol. The zero-order valence-electron chi connectivity index (χ0n) is 16.1. The molecule has 2 saturated heterocycles.